The van der Waals surface area contributed by atoms with Gasteiger partial charge in [-0.1, -0.05) is 36.4 Å². The van der Waals surface area contributed by atoms with Crippen LogP contribution in [0, 0.1) is 0 Å². The quantitative estimate of drug-likeness (QED) is 0.904. The highest BCUT2D eigenvalue weighted by molar-refractivity contribution is 7.99. The van der Waals surface area contributed by atoms with E-state index in [0.717, 1.165) is 14.8 Å². The van der Waals surface area contributed by atoms with E-state index >= 15 is 0 Å². The van der Waals surface area contributed by atoms with Crippen LogP contribution in [-0.2, 0) is 0 Å². The molecule has 0 aliphatic carbocycles. The summed E-state index contributed by atoms with van der Waals surface area (Å²) in [7, 11) is 0. The van der Waals surface area contributed by atoms with E-state index in [9.17, 15) is 5.11 Å². The second kappa shape index (κ2) is 6.23. The summed E-state index contributed by atoms with van der Waals surface area (Å²) in [6, 6.07) is 11.5. The molecule has 2 rings (SSSR count). The SMILES string of the molecule is CC[C@@H](O)c1ccc(Sc2cccc(Cl)c2)cn1. The molecule has 1 atom stereocenters. The zero-order valence-corrected chi connectivity index (χ0v) is 11.6. The Hall–Kier alpha value is -1.03. The summed E-state index contributed by atoms with van der Waals surface area (Å²) in [5.74, 6) is 0. The maximum Gasteiger partial charge on any atom is 0.0957 e. The molecule has 0 aliphatic heterocycles. The van der Waals surface area contributed by atoms with E-state index in [0.29, 0.717) is 12.1 Å². The number of benzene rings is 1. The maximum absolute atomic E-state index is 9.66. The number of nitrogens with zero attached hydrogens (tertiary/aromatic N) is 1. The smallest absolute Gasteiger partial charge is 0.0957 e. The maximum atomic E-state index is 9.66. The minimum atomic E-state index is -0.477. The summed E-state index contributed by atoms with van der Waals surface area (Å²) in [6.45, 7) is 1.93. The number of halogens is 1. The van der Waals surface area contributed by atoms with Crippen molar-refractivity contribution in [2.24, 2.45) is 0 Å². The van der Waals surface area contributed by atoms with Gasteiger partial charge in [-0.3, -0.25) is 4.98 Å². The van der Waals surface area contributed by atoms with Crippen LogP contribution in [0.5, 0.6) is 0 Å². The summed E-state index contributed by atoms with van der Waals surface area (Å²) < 4.78 is 0. The van der Waals surface area contributed by atoms with Crippen molar-refractivity contribution in [3.63, 3.8) is 0 Å². The van der Waals surface area contributed by atoms with Gasteiger partial charge in [0.1, 0.15) is 0 Å². The first-order valence-electron chi connectivity index (χ1n) is 5.76. The standard InChI is InChI=1S/C14H14ClNOS/c1-2-14(17)13-7-6-12(9-16-13)18-11-5-3-4-10(15)8-11/h3-9,14,17H,2H2,1H3/t14-/m1/s1. The first-order valence-corrected chi connectivity index (χ1v) is 6.96. The summed E-state index contributed by atoms with van der Waals surface area (Å²) in [5.41, 5.74) is 0.716. The lowest BCUT2D eigenvalue weighted by atomic mass is 10.2. The van der Waals surface area contributed by atoms with E-state index in [1.165, 1.54) is 0 Å². The van der Waals surface area contributed by atoms with E-state index in [4.69, 9.17) is 11.6 Å². The number of rotatable bonds is 4. The van der Waals surface area contributed by atoms with Gasteiger partial charge < -0.3 is 5.11 Å². The number of pyridine rings is 1. The molecule has 1 aromatic heterocycles. The van der Waals surface area contributed by atoms with Gasteiger partial charge in [-0.15, -0.1) is 0 Å². The molecule has 1 N–H and O–H groups in total. The fourth-order valence-corrected chi connectivity index (χ4v) is 2.63. The number of aromatic nitrogens is 1. The third-order valence-electron chi connectivity index (χ3n) is 2.52. The third-order valence-corrected chi connectivity index (χ3v) is 3.72. The number of hydrogen-bond acceptors (Lipinski definition) is 3. The molecule has 0 fully saturated rings. The Morgan fingerprint density at radius 3 is 2.72 bits per heavy atom. The van der Waals surface area contributed by atoms with E-state index in [2.05, 4.69) is 4.98 Å². The lowest BCUT2D eigenvalue weighted by Gasteiger charge is -2.07. The Labute approximate surface area is 116 Å². The van der Waals surface area contributed by atoms with Gasteiger partial charge in [0.2, 0.25) is 0 Å². The Kier molecular flexibility index (Phi) is 4.64. The van der Waals surface area contributed by atoms with Crippen molar-refractivity contribution in [1.29, 1.82) is 0 Å². The van der Waals surface area contributed by atoms with Crippen LogP contribution < -0.4 is 0 Å². The molecule has 0 radical (unpaired) electrons. The number of aliphatic hydroxyl groups is 1. The number of aliphatic hydroxyl groups excluding tert-OH is 1. The molecule has 4 heteroatoms. The van der Waals surface area contributed by atoms with Crippen molar-refractivity contribution in [1.82, 2.24) is 4.98 Å². The van der Waals surface area contributed by atoms with Crippen LogP contribution >= 0.6 is 23.4 Å². The molecule has 2 aromatic rings. The zero-order valence-electron chi connectivity index (χ0n) is 10.0. The minimum absolute atomic E-state index is 0.477. The molecule has 94 valence electrons. The van der Waals surface area contributed by atoms with Gasteiger partial charge >= 0.3 is 0 Å². The zero-order chi connectivity index (χ0) is 13.0. The van der Waals surface area contributed by atoms with Gasteiger partial charge in [0.25, 0.3) is 0 Å². The molecule has 18 heavy (non-hydrogen) atoms. The largest absolute Gasteiger partial charge is 0.387 e. The van der Waals surface area contributed by atoms with Gasteiger partial charge in [-0.2, -0.15) is 0 Å². The van der Waals surface area contributed by atoms with Gasteiger partial charge in [-0.25, -0.2) is 0 Å². The van der Waals surface area contributed by atoms with Crippen LogP contribution in [-0.4, -0.2) is 10.1 Å². The van der Waals surface area contributed by atoms with E-state index in [1.807, 2.05) is 43.3 Å². The molecule has 0 bridgehead atoms. The average Bonchev–Trinajstić information content (AvgIpc) is 2.39. The Balaban J connectivity index is 2.11. The first kappa shape index (κ1) is 13.4. The van der Waals surface area contributed by atoms with Crippen LogP contribution in [0.25, 0.3) is 0 Å². The van der Waals surface area contributed by atoms with Crippen molar-refractivity contribution >= 4 is 23.4 Å². The molecule has 2 nitrogen and oxygen atoms in total. The topological polar surface area (TPSA) is 33.1 Å². The van der Waals surface area contributed by atoms with Gasteiger partial charge in [-0.05, 0) is 36.8 Å². The monoisotopic (exact) mass is 279 g/mol. The van der Waals surface area contributed by atoms with Crippen molar-refractivity contribution in [2.45, 2.75) is 29.2 Å². The molecule has 1 aromatic carbocycles. The van der Waals surface area contributed by atoms with Gasteiger partial charge in [0.05, 0.1) is 11.8 Å². The van der Waals surface area contributed by atoms with Gasteiger partial charge in [0, 0.05) is 21.0 Å². The van der Waals surface area contributed by atoms with Crippen molar-refractivity contribution in [3.8, 4) is 0 Å². The molecule has 0 unspecified atom stereocenters. The predicted molar refractivity (Wildman–Crippen MR) is 75.1 cm³/mol. The molecule has 0 saturated carbocycles. The lowest BCUT2D eigenvalue weighted by molar-refractivity contribution is 0.169. The number of hydrogen-bond donors (Lipinski definition) is 1. The fourth-order valence-electron chi connectivity index (χ4n) is 1.52. The Morgan fingerprint density at radius 2 is 2.11 bits per heavy atom. The molecular formula is C14H14ClNOS. The normalized spacial score (nSPS) is 12.4. The highest BCUT2D eigenvalue weighted by Crippen LogP contribution is 2.29. The third kappa shape index (κ3) is 3.48. The lowest BCUT2D eigenvalue weighted by Crippen LogP contribution is -1.97. The van der Waals surface area contributed by atoms with Crippen LogP contribution in [0.4, 0.5) is 0 Å². The summed E-state index contributed by atoms with van der Waals surface area (Å²) in [4.78, 5) is 6.37. The molecular weight excluding hydrogens is 266 g/mol. The summed E-state index contributed by atoms with van der Waals surface area (Å²) in [5, 5.41) is 10.4. The Morgan fingerprint density at radius 1 is 1.28 bits per heavy atom. The van der Waals surface area contributed by atoms with Crippen LogP contribution in [0.1, 0.15) is 25.1 Å². The predicted octanol–water partition coefficient (Wildman–Crippen LogP) is 4.33. The Bertz CT molecular complexity index is 515. The summed E-state index contributed by atoms with van der Waals surface area (Å²) in [6.07, 6.45) is 1.98. The second-order valence-corrected chi connectivity index (χ2v) is 5.49. The molecule has 0 amide bonds. The van der Waals surface area contributed by atoms with E-state index < -0.39 is 6.10 Å². The first-order chi connectivity index (χ1) is 8.69. The average molecular weight is 280 g/mol. The van der Waals surface area contributed by atoms with Gasteiger partial charge in [0.15, 0.2) is 0 Å². The minimum Gasteiger partial charge on any atom is -0.387 e. The van der Waals surface area contributed by atoms with Crippen molar-refractivity contribution in [2.75, 3.05) is 0 Å². The van der Waals surface area contributed by atoms with Crippen molar-refractivity contribution in [3.05, 3.63) is 53.3 Å². The molecule has 0 spiro atoms. The van der Waals surface area contributed by atoms with Crippen LogP contribution in [0.2, 0.25) is 5.02 Å². The molecule has 0 saturated heterocycles. The highest BCUT2D eigenvalue weighted by Gasteiger charge is 2.06. The van der Waals surface area contributed by atoms with Crippen LogP contribution in [0.15, 0.2) is 52.4 Å². The van der Waals surface area contributed by atoms with E-state index in [-0.39, 0.29) is 0 Å². The summed E-state index contributed by atoms with van der Waals surface area (Å²) >= 11 is 7.54. The second-order valence-electron chi connectivity index (χ2n) is 3.90. The molecule has 1 heterocycles. The highest BCUT2D eigenvalue weighted by atomic mass is 35.5. The molecule has 0 aliphatic rings. The van der Waals surface area contributed by atoms with Crippen LogP contribution in [0.3, 0.4) is 0 Å². The van der Waals surface area contributed by atoms with E-state index in [1.54, 1.807) is 18.0 Å². The fraction of sp³-hybridized carbons (Fsp3) is 0.214. The van der Waals surface area contributed by atoms with Crippen molar-refractivity contribution < 1.29 is 5.11 Å².